The van der Waals surface area contributed by atoms with Crippen LogP contribution in [-0.2, 0) is 6.42 Å². The lowest BCUT2D eigenvalue weighted by molar-refractivity contribution is 0.0724. The molecule has 1 aromatic heterocycles. The molecule has 138 valence electrons. The Morgan fingerprint density at radius 3 is 2.69 bits per heavy atom. The summed E-state index contributed by atoms with van der Waals surface area (Å²) in [6.07, 6.45) is 4.10. The number of piperidine rings is 1. The number of nitrogens with one attached hydrogen (secondary N) is 1. The molecule has 0 saturated carbocycles. The molecule has 1 N–H and O–H groups in total. The molecule has 3 rings (SSSR count). The largest absolute Gasteiger partial charge is 0.339 e. The van der Waals surface area contributed by atoms with E-state index in [0.29, 0.717) is 22.2 Å². The molecule has 2 amide bonds. The van der Waals surface area contributed by atoms with Gasteiger partial charge in [-0.05, 0) is 43.4 Å². The van der Waals surface area contributed by atoms with Crippen LogP contribution in [0, 0.1) is 5.92 Å². The summed E-state index contributed by atoms with van der Waals surface area (Å²) in [6.45, 7) is 5.82. The molecule has 1 saturated heterocycles. The summed E-state index contributed by atoms with van der Waals surface area (Å²) in [6, 6.07) is 7.08. The van der Waals surface area contributed by atoms with E-state index >= 15 is 0 Å². The molecule has 1 fully saturated rings. The molecule has 2 aromatic rings. The van der Waals surface area contributed by atoms with E-state index in [1.807, 2.05) is 4.90 Å². The first kappa shape index (κ1) is 18.5. The maximum atomic E-state index is 12.6. The minimum atomic E-state index is -0.292. The van der Waals surface area contributed by atoms with Gasteiger partial charge in [-0.2, -0.15) is 0 Å². The summed E-state index contributed by atoms with van der Waals surface area (Å²) in [5.74, 6) is 0.201. The van der Waals surface area contributed by atoms with Crippen molar-refractivity contribution in [1.82, 2.24) is 15.1 Å². The number of amides is 2. The third kappa shape index (κ3) is 4.66. The van der Waals surface area contributed by atoms with E-state index in [-0.39, 0.29) is 11.8 Å². The Hall–Kier alpha value is -2.28. The Morgan fingerprint density at radius 1 is 1.19 bits per heavy atom. The molecule has 6 nitrogen and oxygen atoms in total. The van der Waals surface area contributed by atoms with Gasteiger partial charge in [0.15, 0.2) is 0 Å². The van der Waals surface area contributed by atoms with Crippen LogP contribution < -0.4 is 5.32 Å². The summed E-state index contributed by atoms with van der Waals surface area (Å²) >= 11 is 1.31. The van der Waals surface area contributed by atoms with E-state index in [9.17, 15) is 9.59 Å². The van der Waals surface area contributed by atoms with Crippen LogP contribution in [0.3, 0.4) is 0 Å². The average molecular weight is 372 g/mol. The Kier molecular flexibility index (Phi) is 5.98. The van der Waals surface area contributed by atoms with E-state index in [1.54, 1.807) is 24.3 Å². The van der Waals surface area contributed by atoms with Gasteiger partial charge in [-0.3, -0.25) is 9.59 Å². The molecule has 0 aliphatic carbocycles. The van der Waals surface area contributed by atoms with Crippen molar-refractivity contribution in [3.63, 3.8) is 0 Å². The van der Waals surface area contributed by atoms with E-state index in [4.69, 9.17) is 0 Å². The Morgan fingerprint density at radius 2 is 1.96 bits per heavy atom. The number of anilines is 1. The predicted octanol–water partition coefficient (Wildman–Crippen LogP) is 3.62. The molecule has 26 heavy (non-hydrogen) atoms. The van der Waals surface area contributed by atoms with Crippen molar-refractivity contribution in [2.45, 2.75) is 39.5 Å². The Balaban J connectivity index is 1.67. The molecular weight excluding hydrogens is 348 g/mol. The minimum absolute atomic E-state index is 0.0240. The zero-order valence-electron chi connectivity index (χ0n) is 15.2. The van der Waals surface area contributed by atoms with Crippen molar-refractivity contribution in [1.29, 1.82) is 0 Å². The molecule has 1 aliphatic heterocycles. The van der Waals surface area contributed by atoms with Crippen molar-refractivity contribution >= 4 is 28.8 Å². The van der Waals surface area contributed by atoms with Crippen LogP contribution in [0.4, 0.5) is 5.69 Å². The zero-order valence-corrected chi connectivity index (χ0v) is 16.0. The summed E-state index contributed by atoms with van der Waals surface area (Å²) in [4.78, 5) is 26.9. The van der Waals surface area contributed by atoms with E-state index in [2.05, 4.69) is 29.4 Å². The summed E-state index contributed by atoms with van der Waals surface area (Å²) in [7, 11) is 0. The monoisotopic (exact) mass is 372 g/mol. The fourth-order valence-electron chi connectivity index (χ4n) is 2.97. The van der Waals surface area contributed by atoms with Gasteiger partial charge < -0.3 is 10.2 Å². The van der Waals surface area contributed by atoms with Crippen molar-refractivity contribution < 1.29 is 9.59 Å². The number of benzene rings is 1. The third-order valence-corrected chi connectivity index (χ3v) is 5.20. The summed E-state index contributed by atoms with van der Waals surface area (Å²) < 4.78 is 0. The fraction of sp³-hybridized carbons (Fsp3) is 0.474. The molecule has 1 aliphatic rings. The molecule has 7 heteroatoms. The number of carbonyl (C=O) groups excluding carboxylic acids is 2. The lowest BCUT2D eigenvalue weighted by Gasteiger charge is -2.26. The smallest absolute Gasteiger partial charge is 0.286 e. The maximum Gasteiger partial charge on any atom is 0.286 e. The molecule has 1 aromatic carbocycles. The van der Waals surface area contributed by atoms with Crippen molar-refractivity contribution in [3.8, 4) is 0 Å². The molecule has 0 unspecified atom stereocenters. The quantitative estimate of drug-likeness (QED) is 0.870. The second-order valence-corrected chi connectivity index (χ2v) is 8.05. The van der Waals surface area contributed by atoms with Gasteiger partial charge in [-0.25, -0.2) is 0 Å². The predicted molar refractivity (Wildman–Crippen MR) is 103 cm³/mol. The highest BCUT2D eigenvalue weighted by Gasteiger charge is 2.19. The van der Waals surface area contributed by atoms with Gasteiger partial charge >= 0.3 is 0 Å². The Bertz CT molecular complexity index is 781. The van der Waals surface area contributed by atoms with Gasteiger partial charge in [0.25, 0.3) is 11.8 Å². The first-order valence-corrected chi connectivity index (χ1v) is 9.87. The highest BCUT2D eigenvalue weighted by Crippen LogP contribution is 2.19. The van der Waals surface area contributed by atoms with E-state index < -0.39 is 0 Å². The van der Waals surface area contributed by atoms with E-state index in [0.717, 1.165) is 37.4 Å². The van der Waals surface area contributed by atoms with E-state index in [1.165, 1.54) is 17.8 Å². The van der Waals surface area contributed by atoms with Crippen LogP contribution in [0.2, 0.25) is 0 Å². The maximum absolute atomic E-state index is 12.6. The first-order chi connectivity index (χ1) is 12.5. The topological polar surface area (TPSA) is 75.2 Å². The number of rotatable bonds is 5. The Labute approximate surface area is 157 Å². The number of nitrogens with zero attached hydrogens (tertiary/aromatic N) is 3. The van der Waals surface area contributed by atoms with Crippen LogP contribution in [0.25, 0.3) is 0 Å². The molecule has 0 bridgehead atoms. The van der Waals surface area contributed by atoms with Crippen molar-refractivity contribution in [2.75, 3.05) is 18.4 Å². The van der Waals surface area contributed by atoms with Crippen LogP contribution in [0.1, 0.15) is 58.3 Å². The van der Waals surface area contributed by atoms with Crippen LogP contribution in [0.15, 0.2) is 24.3 Å². The van der Waals surface area contributed by atoms with Gasteiger partial charge in [0.2, 0.25) is 5.01 Å². The van der Waals surface area contributed by atoms with Gasteiger partial charge in [-0.1, -0.05) is 31.3 Å². The van der Waals surface area contributed by atoms with Crippen LogP contribution in [0.5, 0.6) is 0 Å². The second-order valence-electron chi connectivity index (χ2n) is 6.99. The third-order valence-electron chi connectivity index (χ3n) is 4.25. The van der Waals surface area contributed by atoms with Gasteiger partial charge in [0.05, 0.1) is 0 Å². The minimum Gasteiger partial charge on any atom is -0.339 e. The van der Waals surface area contributed by atoms with Gasteiger partial charge in [0, 0.05) is 30.8 Å². The number of carbonyl (C=O) groups is 2. The number of aromatic nitrogens is 2. The number of likely N-dealkylation sites (tertiary alicyclic amines) is 1. The molecule has 2 heterocycles. The van der Waals surface area contributed by atoms with Crippen LogP contribution in [-0.4, -0.2) is 40.0 Å². The lowest BCUT2D eigenvalue weighted by atomic mass is 10.1. The standard InChI is InChI=1S/C19H24N4O2S/c1-13(2)11-16-21-22-18(26-16)17(24)20-15-8-6-7-14(12-15)19(25)23-9-4-3-5-10-23/h6-8,12-13H,3-5,9-11H2,1-2H3,(H,20,24). The highest BCUT2D eigenvalue weighted by atomic mass is 32.1. The number of hydrogen-bond acceptors (Lipinski definition) is 5. The van der Waals surface area contributed by atoms with Gasteiger partial charge in [-0.15, -0.1) is 10.2 Å². The zero-order chi connectivity index (χ0) is 18.5. The van der Waals surface area contributed by atoms with Crippen LogP contribution >= 0.6 is 11.3 Å². The highest BCUT2D eigenvalue weighted by molar-refractivity contribution is 7.13. The number of hydrogen-bond donors (Lipinski definition) is 1. The molecule has 0 spiro atoms. The molecule has 0 atom stereocenters. The van der Waals surface area contributed by atoms with Crippen molar-refractivity contribution in [2.24, 2.45) is 5.92 Å². The summed E-state index contributed by atoms with van der Waals surface area (Å²) in [5, 5.41) is 12.1. The molecular formula is C19H24N4O2S. The van der Waals surface area contributed by atoms with Crippen molar-refractivity contribution in [3.05, 3.63) is 39.8 Å². The average Bonchev–Trinajstić information content (AvgIpc) is 3.10. The first-order valence-electron chi connectivity index (χ1n) is 9.06. The normalized spacial score (nSPS) is 14.5. The second kappa shape index (κ2) is 8.40. The summed E-state index contributed by atoms with van der Waals surface area (Å²) in [5.41, 5.74) is 1.20. The van der Waals surface area contributed by atoms with Gasteiger partial charge in [0.1, 0.15) is 5.01 Å². The SMILES string of the molecule is CC(C)Cc1nnc(C(=O)Nc2cccc(C(=O)N3CCCCC3)c2)s1. The molecule has 0 radical (unpaired) electrons. The fourth-order valence-corrected chi connectivity index (χ4v) is 3.92. The lowest BCUT2D eigenvalue weighted by Crippen LogP contribution is -2.35.